The summed E-state index contributed by atoms with van der Waals surface area (Å²) in [7, 11) is 0. The molecule has 1 unspecified atom stereocenters. The predicted octanol–water partition coefficient (Wildman–Crippen LogP) is 4.94. The zero-order valence-electron chi connectivity index (χ0n) is 14.3. The fourth-order valence-corrected chi connectivity index (χ4v) is 2.92. The van der Waals surface area contributed by atoms with Gasteiger partial charge in [0.15, 0.2) is 0 Å². The first-order chi connectivity index (χ1) is 13.0. The van der Waals surface area contributed by atoms with Gasteiger partial charge >= 0.3 is 0 Å². The quantitative estimate of drug-likeness (QED) is 0.630. The normalized spacial score (nSPS) is 11.8. The number of nitrogens with one attached hydrogen (secondary N) is 2. The summed E-state index contributed by atoms with van der Waals surface area (Å²) >= 11 is 5.93. The van der Waals surface area contributed by atoms with Crippen LogP contribution in [0.4, 0.5) is 14.5 Å². The SMILES string of the molecule is O=C(CNC(c1ccccc1)c1ccc(F)cc1)Nc1ccc(F)cc1Cl. The maximum absolute atomic E-state index is 13.3. The van der Waals surface area contributed by atoms with Crippen molar-refractivity contribution < 1.29 is 13.6 Å². The van der Waals surface area contributed by atoms with Gasteiger partial charge in [0.2, 0.25) is 5.91 Å². The molecule has 1 atom stereocenters. The smallest absolute Gasteiger partial charge is 0.238 e. The van der Waals surface area contributed by atoms with E-state index in [-0.39, 0.29) is 29.3 Å². The van der Waals surface area contributed by atoms with E-state index in [0.717, 1.165) is 17.2 Å². The molecule has 0 spiro atoms. The highest BCUT2D eigenvalue weighted by molar-refractivity contribution is 6.33. The van der Waals surface area contributed by atoms with Gasteiger partial charge in [0.25, 0.3) is 0 Å². The summed E-state index contributed by atoms with van der Waals surface area (Å²) in [5.74, 6) is -1.13. The Morgan fingerprint density at radius 3 is 2.19 bits per heavy atom. The third-order valence-corrected chi connectivity index (χ3v) is 4.32. The van der Waals surface area contributed by atoms with Crippen molar-refractivity contribution in [2.24, 2.45) is 0 Å². The molecule has 2 N–H and O–H groups in total. The van der Waals surface area contributed by atoms with Crippen LogP contribution in [0.25, 0.3) is 0 Å². The molecule has 3 rings (SSSR count). The Balaban J connectivity index is 1.72. The van der Waals surface area contributed by atoms with Crippen LogP contribution in [0, 0.1) is 11.6 Å². The summed E-state index contributed by atoms with van der Waals surface area (Å²) in [5.41, 5.74) is 2.11. The zero-order valence-corrected chi connectivity index (χ0v) is 15.0. The maximum atomic E-state index is 13.3. The fraction of sp³-hybridized carbons (Fsp3) is 0.0952. The van der Waals surface area contributed by atoms with Crippen LogP contribution in [0.3, 0.4) is 0 Å². The van der Waals surface area contributed by atoms with E-state index in [9.17, 15) is 13.6 Å². The van der Waals surface area contributed by atoms with Gasteiger partial charge in [-0.25, -0.2) is 8.78 Å². The van der Waals surface area contributed by atoms with E-state index in [2.05, 4.69) is 10.6 Å². The van der Waals surface area contributed by atoms with Gasteiger partial charge in [0.05, 0.1) is 23.3 Å². The largest absolute Gasteiger partial charge is 0.324 e. The Labute approximate surface area is 161 Å². The standard InChI is InChI=1S/C21H17ClF2N2O/c22-18-12-17(24)10-11-19(18)26-20(27)13-25-21(14-4-2-1-3-5-14)15-6-8-16(23)9-7-15/h1-12,21,25H,13H2,(H,26,27). The maximum Gasteiger partial charge on any atom is 0.238 e. The van der Waals surface area contributed by atoms with Crippen LogP contribution in [-0.4, -0.2) is 12.5 Å². The van der Waals surface area contributed by atoms with Gasteiger partial charge in [-0.3, -0.25) is 10.1 Å². The van der Waals surface area contributed by atoms with Gasteiger partial charge in [-0.2, -0.15) is 0 Å². The molecule has 0 aliphatic carbocycles. The second-order valence-corrected chi connectivity index (χ2v) is 6.36. The highest BCUT2D eigenvalue weighted by Gasteiger charge is 2.15. The average Bonchev–Trinajstić information content (AvgIpc) is 2.66. The van der Waals surface area contributed by atoms with Crippen LogP contribution in [0.15, 0.2) is 72.8 Å². The summed E-state index contributed by atoms with van der Waals surface area (Å²) in [6, 6.07) is 19.1. The molecular weight excluding hydrogens is 370 g/mol. The van der Waals surface area contributed by atoms with Gasteiger partial charge in [0.1, 0.15) is 11.6 Å². The molecule has 1 amide bonds. The van der Waals surface area contributed by atoms with Crippen molar-refractivity contribution in [3.05, 3.63) is 101 Å². The third-order valence-electron chi connectivity index (χ3n) is 4.01. The summed E-state index contributed by atoms with van der Waals surface area (Å²) in [6.07, 6.45) is 0. The lowest BCUT2D eigenvalue weighted by molar-refractivity contribution is -0.115. The zero-order chi connectivity index (χ0) is 19.2. The average molecular weight is 387 g/mol. The first-order valence-electron chi connectivity index (χ1n) is 8.31. The number of carbonyl (C=O) groups is 1. The summed E-state index contributed by atoms with van der Waals surface area (Å²) in [4.78, 5) is 12.3. The Hall–Kier alpha value is -2.76. The highest BCUT2D eigenvalue weighted by Crippen LogP contribution is 2.24. The third kappa shape index (κ3) is 5.12. The van der Waals surface area contributed by atoms with Crippen molar-refractivity contribution >= 4 is 23.2 Å². The number of rotatable bonds is 6. The molecular formula is C21H17ClF2N2O. The van der Waals surface area contributed by atoms with E-state index in [1.807, 2.05) is 30.3 Å². The second kappa shape index (κ2) is 8.75. The molecule has 0 bridgehead atoms. The molecule has 0 saturated heterocycles. The lowest BCUT2D eigenvalue weighted by Crippen LogP contribution is -2.32. The predicted molar refractivity (Wildman–Crippen MR) is 103 cm³/mol. The van der Waals surface area contributed by atoms with Gasteiger partial charge < -0.3 is 5.32 Å². The summed E-state index contributed by atoms with van der Waals surface area (Å²) in [6.45, 7) is -0.00928. The first-order valence-corrected chi connectivity index (χ1v) is 8.69. The molecule has 27 heavy (non-hydrogen) atoms. The number of hydrogen-bond acceptors (Lipinski definition) is 2. The number of halogens is 3. The van der Waals surface area contributed by atoms with Crippen molar-refractivity contribution in [3.8, 4) is 0 Å². The first kappa shape index (κ1) is 19.0. The molecule has 0 aliphatic heterocycles. The van der Waals surface area contributed by atoms with Crippen LogP contribution in [-0.2, 0) is 4.79 Å². The minimum atomic E-state index is -0.475. The van der Waals surface area contributed by atoms with E-state index in [1.54, 1.807) is 12.1 Å². The van der Waals surface area contributed by atoms with Crippen LogP contribution in [0.1, 0.15) is 17.2 Å². The van der Waals surface area contributed by atoms with E-state index >= 15 is 0 Å². The van der Waals surface area contributed by atoms with Crippen LogP contribution < -0.4 is 10.6 Å². The monoisotopic (exact) mass is 386 g/mol. The molecule has 0 heterocycles. The lowest BCUT2D eigenvalue weighted by Gasteiger charge is -2.20. The highest BCUT2D eigenvalue weighted by atomic mass is 35.5. The molecule has 3 aromatic carbocycles. The number of carbonyl (C=O) groups excluding carboxylic acids is 1. The summed E-state index contributed by atoms with van der Waals surface area (Å²) in [5, 5.41) is 5.94. The summed E-state index contributed by atoms with van der Waals surface area (Å²) < 4.78 is 26.4. The van der Waals surface area contributed by atoms with Gasteiger partial charge in [-0.15, -0.1) is 0 Å². The van der Waals surface area contributed by atoms with Gasteiger partial charge in [0, 0.05) is 0 Å². The van der Waals surface area contributed by atoms with E-state index in [0.29, 0.717) is 5.69 Å². The van der Waals surface area contributed by atoms with E-state index < -0.39 is 5.82 Å². The number of anilines is 1. The Morgan fingerprint density at radius 2 is 1.52 bits per heavy atom. The van der Waals surface area contributed by atoms with Crippen molar-refractivity contribution in [1.82, 2.24) is 5.32 Å². The van der Waals surface area contributed by atoms with Crippen molar-refractivity contribution in [2.75, 3.05) is 11.9 Å². The molecule has 0 fully saturated rings. The van der Waals surface area contributed by atoms with Crippen molar-refractivity contribution in [3.63, 3.8) is 0 Å². The van der Waals surface area contributed by atoms with Gasteiger partial charge in [-0.1, -0.05) is 54.1 Å². The fourth-order valence-electron chi connectivity index (χ4n) is 2.71. The molecule has 0 saturated carbocycles. The molecule has 138 valence electrons. The number of benzene rings is 3. The van der Waals surface area contributed by atoms with E-state index in [4.69, 9.17) is 11.6 Å². The second-order valence-electron chi connectivity index (χ2n) is 5.95. The molecule has 0 aliphatic rings. The van der Waals surface area contributed by atoms with E-state index in [1.165, 1.54) is 24.3 Å². The Morgan fingerprint density at radius 1 is 0.889 bits per heavy atom. The molecule has 3 nitrogen and oxygen atoms in total. The van der Waals surface area contributed by atoms with Crippen LogP contribution in [0.5, 0.6) is 0 Å². The van der Waals surface area contributed by atoms with Crippen LogP contribution >= 0.6 is 11.6 Å². The molecule has 6 heteroatoms. The Bertz CT molecular complexity index is 917. The van der Waals surface area contributed by atoms with Crippen LogP contribution in [0.2, 0.25) is 5.02 Å². The minimum absolute atomic E-state index is 0.00928. The molecule has 0 radical (unpaired) electrons. The molecule has 0 aromatic heterocycles. The lowest BCUT2D eigenvalue weighted by atomic mass is 9.98. The van der Waals surface area contributed by atoms with Crippen molar-refractivity contribution in [1.29, 1.82) is 0 Å². The Kier molecular flexibility index (Phi) is 6.16. The number of hydrogen-bond donors (Lipinski definition) is 2. The van der Waals surface area contributed by atoms with Gasteiger partial charge in [-0.05, 0) is 41.5 Å². The minimum Gasteiger partial charge on any atom is -0.324 e. The number of amides is 1. The van der Waals surface area contributed by atoms with Crippen molar-refractivity contribution in [2.45, 2.75) is 6.04 Å². The molecule has 3 aromatic rings. The topological polar surface area (TPSA) is 41.1 Å².